The summed E-state index contributed by atoms with van der Waals surface area (Å²) in [6.45, 7) is 2.13. The van der Waals surface area contributed by atoms with E-state index in [9.17, 15) is 15.2 Å². The molecule has 0 aliphatic carbocycles. The molecule has 3 heterocycles. The summed E-state index contributed by atoms with van der Waals surface area (Å²) in [5, 5.41) is 26.7. The summed E-state index contributed by atoms with van der Waals surface area (Å²) in [7, 11) is 0. The lowest BCUT2D eigenvalue weighted by Crippen LogP contribution is -2.21. The van der Waals surface area contributed by atoms with Gasteiger partial charge in [-0.3, -0.25) is 14.0 Å². The zero-order valence-corrected chi connectivity index (χ0v) is 17.4. The second-order valence-corrected chi connectivity index (χ2v) is 7.52. The van der Waals surface area contributed by atoms with Crippen molar-refractivity contribution in [3.63, 3.8) is 0 Å². The van der Waals surface area contributed by atoms with Gasteiger partial charge in [0.2, 0.25) is 0 Å². The first-order chi connectivity index (χ1) is 15.0. The van der Waals surface area contributed by atoms with E-state index in [4.69, 9.17) is 11.6 Å². The lowest BCUT2D eigenvalue weighted by molar-refractivity contribution is 0.281. The molecule has 0 amide bonds. The molecule has 156 valence electrons. The molecule has 2 N–H and O–H groups in total. The van der Waals surface area contributed by atoms with Crippen LogP contribution >= 0.6 is 11.6 Å². The number of aliphatic hydroxyl groups excluding tert-OH is 1. The summed E-state index contributed by atoms with van der Waals surface area (Å²) in [6, 6.07) is 12.7. The van der Waals surface area contributed by atoms with Crippen LogP contribution < -0.4 is 10.9 Å². The highest BCUT2D eigenvalue weighted by Gasteiger charge is 2.14. The molecule has 0 fully saturated rings. The normalized spacial score (nSPS) is 11.9. The monoisotopic (exact) mass is 434 g/mol. The smallest absolute Gasteiger partial charge is 0.266 e. The van der Waals surface area contributed by atoms with E-state index in [0.717, 1.165) is 5.56 Å². The lowest BCUT2D eigenvalue weighted by atomic mass is 10.1. The predicted octanol–water partition coefficient (Wildman–Crippen LogP) is 2.95. The van der Waals surface area contributed by atoms with Gasteiger partial charge in [-0.25, -0.2) is 4.98 Å². The van der Waals surface area contributed by atoms with Crippen LogP contribution in [0.3, 0.4) is 0 Å². The summed E-state index contributed by atoms with van der Waals surface area (Å²) in [5.41, 5.74) is 2.25. The van der Waals surface area contributed by atoms with Gasteiger partial charge in [0, 0.05) is 18.3 Å². The molecule has 0 unspecified atom stereocenters. The third-order valence-electron chi connectivity index (χ3n) is 4.93. The van der Waals surface area contributed by atoms with E-state index in [1.165, 1.54) is 17.0 Å². The van der Waals surface area contributed by atoms with Gasteiger partial charge in [0.05, 0.1) is 58.8 Å². The number of fused-ring (bicyclic) bond motifs is 1. The van der Waals surface area contributed by atoms with Crippen molar-refractivity contribution < 1.29 is 5.11 Å². The maximum absolute atomic E-state index is 13.2. The van der Waals surface area contributed by atoms with E-state index in [-0.39, 0.29) is 18.2 Å². The van der Waals surface area contributed by atoms with Gasteiger partial charge in [-0.2, -0.15) is 10.4 Å². The Hall–Kier alpha value is -3.67. The van der Waals surface area contributed by atoms with Crippen LogP contribution in [0, 0.1) is 11.3 Å². The lowest BCUT2D eigenvalue weighted by Gasteiger charge is -2.14. The Morgan fingerprint density at radius 2 is 2.10 bits per heavy atom. The molecule has 0 saturated heterocycles. The number of rotatable bonds is 6. The molecule has 31 heavy (non-hydrogen) atoms. The summed E-state index contributed by atoms with van der Waals surface area (Å²) < 4.78 is 3.14. The van der Waals surface area contributed by atoms with Crippen molar-refractivity contribution in [2.45, 2.75) is 19.5 Å². The number of nitrogens with zero attached hydrogens (tertiary/aromatic N) is 5. The second-order valence-electron chi connectivity index (χ2n) is 7.11. The molecule has 8 nitrogen and oxygen atoms in total. The van der Waals surface area contributed by atoms with Crippen LogP contribution in [0.25, 0.3) is 16.6 Å². The van der Waals surface area contributed by atoms with Crippen LogP contribution in [0.2, 0.25) is 5.02 Å². The highest BCUT2D eigenvalue weighted by molar-refractivity contribution is 6.32. The van der Waals surface area contributed by atoms with Crippen LogP contribution in [0.15, 0.2) is 59.8 Å². The molecule has 0 radical (unpaired) electrons. The first kappa shape index (κ1) is 20.6. The fourth-order valence-electron chi connectivity index (χ4n) is 3.31. The van der Waals surface area contributed by atoms with Gasteiger partial charge in [0.1, 0.15) is 5.82 Å². The van der Waals surface area contributed by atoms with Gasteiger partial charge in [0.15, 0.2) is 0 Å². The zero-order valence-electron chi connectivity index (χ0n) is 16.7. The Labute approximate surface area is 183 Å². The van der Waals surface area contributed by atoms with Crippen LogP contribution in [0.4, 0.5) is 5.82 Å². The summed E-state index contributed by atoms with van der Waals surface area (Å²) >= 11 is 6.32. The summed E-state index contributed by atoms with van der Waals surface area (Å²) in [4.78, 5) is 17.4. The maximum Gasteiger partial charge on any atom is 0.266 e. The third kappa shape index (κ3) is 4.01. The van der Waals surface area contributed by atoms with Crippen molar-refractivity contribution in [1.29, 1.82) is 5.26 Å². The molecular formula is C22H19ClN6O2. The minimum atomic E-state index is -0.272. The number of anilines is 1. The van der Waals surface area contributed by atoms with E-state index in [0.29, 0.717) is 39.5 Å². The van der Waals surface area contributed by atoms with Gasteiger partial charge < -0.3 is 10.4 Å². The molecule has 0 spiro atoms. The second kappa shape index (κ2) is 8.60. The molecule has 0 aliphatic heterocycles. The number of nitriles is 1. The molecule has 9 heteroatoms. The van der Waals surface area contributed by atoms with Gasteiger partial charge in [-0.15, -0.1) is 0 Å². The van der Waals surface area contributed by atoms with E-state index in [1.807, 2.05) is 25.1 Å². The van der Waals surface area contributed by atoms with Crippen LogP contribution in [-0.4, -0.2) is 37.1 Å². The van der Waals surface area contributed by atoms with E-state index in [1.54, 1.807) is 29.1 Å². The largest absolute Gasteiger partial charge is 0.394 e. The van der Waals surface area contributed by atoms with Crippen LogP contribution in [0.5, 0.6) is 0 Å². The molecule has 0 aliphatic rings. The highest BCUT2D eigenvalue weighted by atomic mass is 35.5. The van der Waals surface area contributed by atoms with Gasteiger partial charge in [-0.05, 0) is 24.6 Å². The van der Waals surface area contributed by atoms with Gasteiger partial charge in [0.25, 0.3) is 5.56 Å². The third-order valence-corrected chi connectivity index (χ3v) is 5.22. The maximum atomic E-state index is 13.2. The van der Waals surface area contributed by atoms with Crippen molar-refractivity contribution in [2.75, 3.05) is 11.9 Å². The summed E-state index contributed by atoms with van der Waals surface area (Å²) in [6.07, 6.45) is 4.62. The number of benzene rings is 1. The van der Waals surface area contributed by atoms with Gasteiger partial charge >= 0.3 is 0 Å². The molecular weight excluding hydrogens is 416 g/mol. The first-order valence-electron chi connectivity index (χ1n) is 9.60. The molecule has 0 saturated carbocycles. The first-order valence-corrected chi connectivity index (χ1v) is 9.98. The van der Waals surface area contributed by atoms with Crippen molar-refractivity contribution in [1.82, 2.24) is 19.3 Å². The Balaban J connectivity index is 1.75. The molecule has 1 atom stereocenters. The Morgan fingerprint density at radius 1 is 1.29 bits per heavy atom. The predicted molar refractivity (Wildman–Crippen MR) is 119 cm³/mol. The van der Waals surface area contributed by atoms with Crippen molar-refractivity contribution in [3.05, 3.63) is 81.5 Å². The minimum Gasteiger partial charge on any atom is -0.394 e. The average Bonchev–Trinajstić information content (AvgIpc) is 3.19. The molecule has 3 aromatic heterocycles. The number of pyridine rings is 2. The topological polar surface area (TPSA) is 109 Å². The molecule has 4 aromatic rings. The number of aromatic nitrogens is 4. The number of hydrogen-bond acceptors (Lipinski definition) is 6. The Morgan fingerprint density at radius 3 is 2.87 bits per heavy atom. The zero-order chi connectivity index (χ0) is 22.0. The fourth-order valence-corrected chi connectivity index (χ4v) is 3.51. The van der Waals surface area contributed by atoms with Gasteiger partial charge in [-0.1, -0.05) is 29.8 Å². The molecule has 0 bridgehead atoms. The number of aliphatic hydroxyl groups is 1. The van der Waals surface area contributed by atoms with E-state index >= 15 is 0 Å². The SMILES string of the molecule is C[C@@H](CO)Nc1cc(-n2ccc3c(cnn3Cc3ccccc3C#N)c2=O)c(Cl)cn1. The van der Waals surface area contributed by atoms with Crippen molar-refractivity contribution >= 4 is 28.3 Å². The van der Waals surface area contributed by atoms with Crippen molar-refractivity contribution in [3.8, 4) is 11.8 Å². The standard InChI is InChI=1S/C22H19ClN6O2/c1-14(13-30)27-21-8-20(18(23)11-25-21)28-7-6-19-17(22(28)31)10-26-29(19)12-16-5-3-2-4-15(16)9-24/h2-8,10-11,14,30H,12-13H2,1H3,(H,25,27)/t14-/m0/s1. The van der Waals surface area contributed by atoms with E-state index < -0.39 is 0 Å². The van der Waals surface area contributed by atoms with E-state index in [2.05, 4.69) is 21.5 Å². The quantitative estimate of drug-likeness (QED) is 0.483. The summed E-state index contributed by atoms with van der Waals surface area (Å²) in [5.74, 6) is 0.497. The highest BCUT2D eigenvalue weighted by Crippen LogP contribution is 2.23. The Bertz CT molecular complexity index is 1350. The van der Waals surface area contributed by atoms with Crippen LogP contribution in [0.1, 0.15) is 18.1 Å². The van der Waals surface area contributed by atoms with Crippen molar-refractivity contribution in [2.24, 2.45) is 0 Å². The fraction of sp³-hybridized carbons (Fsp3) is 0.182. The Kier molecular flexibility index (Phi) is 5.71. The minimum absolute atomic E-state index is 0.0559. The number of halogens is 1. The van der Waals surface area contributed by atoms with Crippen LogP contribution in [-0.2, 0) is 6.54 Å². The molecule has 4 rings (SSSR count). The number of nitrogens with one attached hydrogen (secondary N) is 1. The average molecular weight is 435 g/mol. The number of hydrogen-bond donors (Lipinski definition) is 2. The molecule has 1 aromatic carbocycles.